The predicted octanol–water partition coefficient (Wildman–Crippen LogP) is 2.66. The van der Waals surface area contributed by atoms with Crippen molar-refractivity contribution >= 4 is 5.71 Å². The molecule has 1 aliphatic rings. The minimum atomic E-state index is 0.333. The van der Waals surface area contributed by atoms with Crippen LogP contribution in [0.25, 0.3) is 0 Å². The van der Waals surface area contributed by atoms with Gasteiger partial charge >= 0.3 is 0 Å². The van der Waals surface area contributed by atoms with Gasteiger partial charge in [-0.2, -0.15) is 0 Å². The van der Waals surface area contributed by atoms with Crippen molar-refractivity contribution in [1.82, 2.24) is 0 Å². The molecule has 0 heterocycles. The first kappa shape index (κ1) is 8.57. The van der Waals surface area contributed by atoms with Gasteiger partial charge in [-0.15, -0.1) is 0 Å². The fraction of sp³-hybridized carbons (Fsp3) is 0.889. The molecule has 1 atom stereocenters. The lowest BCUT2D eigenvalue weighted by Crippen LogP contribution is -2.27. The van der Waals surface area contributed by atoms with Gasteiger partial charge in [-0.25, -0.2) is 0 Å². The maximum absolute atomic E-state index is 8.63. The van der Waals surface area contributed by atoms with Crippen LogP contribution in [0.5, 0.6) is 0 Å². The number of nitrogens with zero attached hydrogens (tertiary/aromatic N) is 1. The first-order valence-electron chi connectivity index (χ1n) is 4.23. The number of hydrogen-bond donors (Lipinski definition) is 1. The van der Waals surface area contributed by atoms with E-state index in [1.54, 1.807) is 0 Å². The second-order valence-corrected chi connectivity index (χ2v) is 4.52. The van der Waals surface area contributed by atoms with Crippen molar-refractivity contribution in [3.63, 3.8) is 0 Å². The third kappa shape index (κ3) is 2.21. The highest BCUT2D eigenvalue weighted by Crippen LogP contribution is 2.36. The smallest absolute Gasteiger partial charge is 0.0578 e. The summed E-state index contributed by atoms with van der Waals surface area (Å²) in [6.07, 6.45) is 3.17. The Morgan fingerprint density at radius 1 is 1.55 bits per heavy atom. The SMILES string of the molecule is CC1CC(=NO)CC(C)(C)C1. The summed E-state index contributed by atoms with van der Waals surface area (Å²) >= 11 is 0. The largest absolute Gasteiger partial charge is 0.411 e. The van der Waals surface area contributed by atoms with Gasteiger partial charge in [0.05, 0.1) is 5.71 Å². The van der Waals surface area contributed by atoms with Crippen molar-refractivity contribution in [3.8, 4) is 0 Å². The van der Waals surface area contributed by atoms with Crippen LogP contribution < -0.4 is 0 Å². The van der Waals surface area contributed by atoms with Crippen LogP contribution in [0.2, 0.25) is 0 Å². The molecule has 0 aromatic carbocycles. The number of oxime groups is 1. The van der Waals surface area contributed by atoms with E-state index >= 15 is 0 Å². The zero-order valence-electron chi connectivity index (χ0n) is 7.59. The van der Waals surface area contributed by atoms with E-state index in [9.17, 15) is 0 Å². The topological polar surface area (TPSA) is 32.6 Å². The lowest BCUT2D eigenvalue weighted by Gasteiger charge is -2.33. The molecule has 0 aliphatic heterocycles. The van der Waals surface area contributed by atoms with Crippen molar-refractivity contribution in [2.75, 3.05) is 0 Å². The molecule has 1 rings (SSSR count). The Hall–Kier alpha value is -0.530. The summed E-state index contributed by atoms with van der Waals surface area (Å²) in [5, 5.41) is 11.9. The molecule has 11 heavy (non-hydrogen) atoms. The molecule has 64 valence electrons. The molecular weight excluding hydrogens is 138 g/mol. The van der Waals surface area contributed by atoms with Crippen molar-refractivity contribution < 1.29 is 5.21 Å². The highest BCUT2D eigenvalue weighted by atomic mass is 16.4. The molecule has 1 unspecified atom stereocenters. The van der Waals surface area contributed by atoms with Gasteiger partial charge in [-0.05, 0) is 30.6 Å². The maximum Gasteiger partial charge on any atom is 0.0578 e. The predicted molar refractivity (Wildman–Crippen MR) is 46.0 cm³/mol. The average Bonchev–Trinajstić information content (AvgIpc) is 1.83. The molecule has 1 saturated carbocycles. The van der Waals surface area contributed by atoms with E-state index in [-0.39, 0.29) is 0 Å². The Bertz CT molecular complexity index is 172. The Balaban J connectivity index is 2.66. The standard InChI is InChI=1S/C9H17NO/c1-7-4-8(10-11)6-9(2,3)5-7/h7,11H,4-6H2,1-3H3. The zero-order valence-corrected chi connectivity index (χ0v) is 7.59. The molecule has 2 heteroatoms. The van der Waals surface area contributed by atoms with E-state index < -0.39 is 0 Å². The molecule has 0 amide bonds. The van der Waals surface area contributed by atoms with Gasteiger partial charge in [0.15, 0.2) is 0 Å². The summed E-state index contributed by atoms with van der Waals surface area (Å²) < 4.78 is 0. The Labute approximate surface area is 68.3 Å². The van der Waals surface area contributed by atoms with E-state index in [2.05, 4.69) is 25.9 Å². The quantitative estimate of drug-likeness (QED) is 0.423. The normalized spacial score (nSPS) is 34.1. The second-order valence-electron chi connectivity index (χ2n) is 4.52. The molecule has 0 radical (unpaired) electrons. The van der Waals surface area contributed by atoms with Crippen LogP contribution in [0, 0.1) is 11.3 Å². The number of hydrogen-bond acceptors (Lipinski definition) is 2. The van der Waals surface area contributed by atoms with Crippen LogP contribution in [0.4, 0.5) is 0 Å². The highest BCUT2D eigenvalue weighted by molar-refractivity contribution is 5.85. The fourth-order valence-electron chi connectivity index (χ4n) is 2.19. The lowest BCUT2D eigenvalue weighted by atomic mass is 9.72. The van der Waals surface area contributed by atoms with Gasteiger partial charge in [0.1, 0.15) is 0 Å². The van der Waals surface area contributed by atoms with Crippen molar-refractivity contribution in [2.45, 2.75) is 40.0 Å². The van der Waals surface area contributed by atoms with E-state index in [1.807, 2.05) is 0 Å². The van der Waals surface area contributed by atoms with E-state index in [0.29, 0.717) is 11.3 Å². The summed E-state index contributed by atoms with van der Waals surface area (Å²) in [4.78, 5) is 0. The maximum atomic E-state index is 8.63. The minimum Gasteiger partial charge on any atom is -0.411 e. The lowest BCUT2D eigenvalue weighted by molar-refractivity contribution is 0.249. The van der Waals surface area contributed by atoms with Crippen LogP contribution in [0.3, 0.4) is 0 Å². The Kier molecular flexibility index (Phi) is 2.21. The van der Waals surface area contributed by atoms with Gasteiger partial charge in [-0.1, -0.05) is 25.9 Å². The van der Waals surface area contributed by atoms with Crippen LogP contribution in [-0.4, -0.2) is 10.9 Å². The Morgan fingerprint density at radius 2 is 2.18 bits per heavy atom. The van der Waals surface area contributed by atoms with E-state index in [0.717, 1.165) is 18.6 Å². The molecule has 0 spiro atoms. The summed E-state index contributed by atoms with van der Waals surface area (Å²) in [6, 6.07) is 0. The zero-order chi connectivity index (χ0) is 8.48. The summed E-state index contributed by atoms with van der Waals surface area (Å²) in [7, 11) is 0. The van der Waals surface area contributed by atoms with Crippen LogP contribution >= 0.6 is 0 Å². The molecule has 0 aromatic heterocycles. The number of rotatable bonds is 0. The van der Waals surface area contributed by atoms with Gasteiger partial charge in [0, 0.05) is 0 Å². The van der Waals surface area contributed by atoms with Gasteiger partial charge in [0.2, 0.25) is 0 Å². The molecule has 0 saturated heterocycles. The van der Waals surface area contributed by atoms with Crippen LogP contribution in [-0.2, 0) is 0 Å². The molecule has 1 N–H and O–H groups in total. The summed E-state index contributed by atoms with van der Waals surface area (Å²) in [6.45, 7) is 6.67. The Morgan fingerprint density at radius 3 is 2.64 bits per heavy atom. The van der Waals surface area contributed by atoms with Gasteiger partial charge in [0.25, 0.3) is 0 Å². The molecule has 0 aromatic rings. The average molecular weight is 155 g/mol. The molecular formula is C9H17NO. The monoisotopic (exact) mass is 155 g/mol. The first-order chi connectivity index (χ1) is 5.03. The highest BCUT2D eigenvalue weighted by Gasteiger charge is 2.29. The fourth-order valence-corrected chi connectivity index (χ4v) is 2.19. The van der Waals surface area contributed by atoms with Gasteiger partial charge < -0.3 is 5.21 Å². The molecule has 1 aliphatic carbocycles. The van der Waals surface area contributed by atoms with Crippen molar-refractivity contribution in [2.24, 2.45) is 16.5 Å². The minimum absolute atomic E-state index is 0.333. The van der Waals surface area contributed by atoms with E-state index in [4.69, 9.17) is 5.21 Å². The summed E-state index contributed by atoms with van der Waals surface area (Å²) in [5.74, 6) is 0.671. The van der Waals surface area contributed by atoms with E-state index in [1.165, 1.54) is 6.42 Å². The van der Waals surface area contributed by atoms with Crippen molar-refractivity contribution in [3.05, 3.63) is 0 Å². The second kappa shape index (κ2) is 2.84. The van der Waals surface area contributed by atoms with Crippen LogP contribution in [0.1, 0.15) is 40.0 Å². The molecule has 1 fully saturated rings. The van der Waals surface area contributed by atoms with Gasteiger partial charge in [-0.3, -0.25) is 0 Å². The molecule has 2 nitrogen and oxygen atoms in total. The molecule has 0 bridgehead atoms. The van der Waals surface area contributed by atoms with Crippen molar-refractivity contribution in [1.29, 1.82) is 0 Å². The third-order valence-electron chi connectivity index (χ3n) is 2.31. The third-order valence-corrected chi connectivity index (χ3v) is 2.31. The summed E-state index contributed by atoms with van der Waals surface area (Å²) in [5.41, 5.74) is 1.30. The first-order valence-corrected chi connectivity index (χ1v) is 4.23. The van der Waals surface area contributed by atoms with Crippen LogP contribution in [0.15, 0.2) is 5.16 Å².